The van der Waals surface area contributed by atoms with Crippen molar-refractivity contribution in [1.29, 1.82) is 0 Å². The molecule has 1 saturated carbocycles. The number of thioether (sulfide) groups is 1. The van der Waals surface area contributed by atoms with Crippen molar-refractivity contribution < 1.29 is 4.79 Å². The van der Waals surface area contributed by atoms with Crippen LogP contribution in [-0.4, -0.2) is 32.6 Å². The summed E-state index contributed by atoms with van der Waals surface area (Å²) in [6, 6.07) is 17.9. The molecule has 8 heteroatoms. The molecule has 33 heavy (non-hydrogen) atoms. The third kappa shape index (κ3) is 6.55. The first kappa shape index (κ1) is 23.3. The summed E-state index contributed by atoms with van der Waals surface area (Å²) in [6.07, 6.45) is 11.1. The summed E-state index contributed by atoms with van der Waals surface area (Å²) in [5.74, 6) is 0.853. The Morgan fingerprint density at radius 1 is 1.09 bits per heavy atom. The number of amides is 1. The van der Waals surface area contributed by atoms with E-state index in [1.54, 1.807) is 12.3 Å². The lowest BCUT2D eigenvalue weighted by Crippen LogP contribution is -2.20. The zero-order valence-electron chi connectivity index (χ0n) is 18.2. The molecule has 0 saturated heterocycles. The number of allylic oxidation sites excluding steroid dienone is 1. The largest absolute Gasteiger partial charge is 0.299 e. The smallest absolute Gasteiger partial charge is 0.250 e. The van der Waals surface area contributed by atoms with Crippen LogP contribution < -0.4 is 5.43 Å². The molecular weight excluding hydrogens is 454 g/mol. The molecule has 1 amide bonds. The number of hydrogen-bond donors (Lipinski definition) is 1. The summed E-state index contributed by atoms with van der Waals surface area (Å²) in [5.41, 5.74) is 4.62. The highest BCUT2D eigenvalue weighted by atomic mass is 35.5. The van der Waals surface area contributed by atoms with Crippen LogP contribution in [0.5, 0.6) is 0 Å². The minimum atomic E-state index is -0.185. The van der Waals surface area contributed by atoms with Crippen LogP contribution in [0.1, 0.15) is 43.7 Å². The highest BCUT2D eigenvalue weighted by Crippen LogP contribution is 2.35. The van der Waals surface area contributed by atoms with Crippen LogP contribution in [0.25, 0.3) is 17.5 Å². The molecule has 6 nitrogen and oxygen atoms in total. The third-order valence-electron chi connectivity index (χ3n) is 5.48. The van der Waals surface area contributed by atoms with E-state index in [-0.39, 0.29) is 11.7 Å². The standard InChI is InChI=1S/C25H26ClN5OS/c26-21-15-13-20(14-16-21)24-29-30-25(31(24)22-11-5-2-6-12-22)33-18-23(32)28-27-17-7-10-19-8-3-1-4-9-19/h1,3-4,7-10,13-17,22H,2,5-6,11-12,18H2,(H,28,32). The molecule has 1 fully saturated rings. The van der Waals surface area contributed by atoms with Crippen LogP contribution in [-0.2, 0) is 4.79 Å². The SMILES string of the molecule is O=C(CSc1nnc(-c2ccc(Cl)cc2)n1C1CCCCC1)NN=CC=Cc1ccccc1. The van der Waals surface area contributed by atoms with Crippen LogP contribution in [0, 0.1) is 0 Å². The highest BCUT2D eigenvalue weighted by molar-refractivity contribution is 7.99. The first-order valence-electron chi connectivity index (χ1n) is 11.1. The first-order chi connectivity index (χ1) is 16.2. The Labute approximate surface area is 203 Å². The first-order valence-corrected chi connectivity index (χ1v) is 12.4. The fourth-order valence-corrected chi connectivity index (χ4v) is 4.80. The Balaban J connectivity index is 1.39. The van der Waals surface area contributed by atoms with Gasteiger partial charge in [-0.05, 0) is 48.7 Å². The summed E-state index contributed by atoms with van der Waals surface area (Å²) in [4.78, 5) is 12.3. The van der Waals surface area contributed by atoms with Gasteiger partial charge < -0.3 is 0 Å². The van der Waals surface area contributed by atoms with E-state index in [0.29, 0.717) is 11.1 Å². The Morgan fingerprint density at radius 2 is 1.85 bits per heavy atom. The maximum atomic E-state index is 12.3. The molecule has 4 rings (SSSR count). The van der Waals surface area contributed by atoms with E-state index >= 15 is 0 Å². The average molecular weight is 480 g/mol. The summed E-state index contributed by atoms with van der Waals surface area (Å²) >= 11 is 7.45. The number of carbonyl (C=O) groups is 1. The number of carbonyl (C=O) groups excluding carboxylic acids is 1. The van der Waals surface area contributed by atoms with Gasteiger partial charge in [0, 0.05) is 22.8 Å². The third-order valence-corrected chi connectivity index (χ3v) is 6.67. The fourth-order valence-electron chi connectivity index (χ4n) is 3.87. The van der Waals surface area contributed by atoms with E-state index in [0.717, 1.165) is 34.9 Å². The predicted octanol–water partition coefficient (Wildman–Crippen LogP) is 6.01. The van der Waals surface area contributed by atoms with Crippen LogP contribution in [0.15, 0.2) is 70.9 Å². The van der Waals surface area contributed by atoms with Gasteiger partial charge in [0.1, 0.15) is 0 Å². The van der Waals surface area contributed by atoms with Gasteiger partial charge in [-0.25, -0.2) is 5.43 Å². The second kappa shape index (κ2) is 11.8. The van der Waals surface area contributed by atoms with Gasteiger partial charge >= 0.3 is 0 Å². The van der Waals surface area contributed by atoms with E-state index < -0.39 is 0 Å². The molecule has 0 unspecified atom stereocenters. The lowest BCUT2D eigenvalue weighted by atomic mass is 9.95. The number of hydrogen-bond acceptors (Lipinski definition) is 5. The van der Waals surface area contributed by atoms with Crippen LogP contribution >= 0.6 is 23.4 Å². The van der Waals surface area contributed by atoms with Crippen molar-refractivity contribution in [2.75, 3.05) is 5.75 Å². The van der Waals surface area contributed by atoms with Gasteiger partial charge in [-0.1, -0.05) is 79.0 Å². The Hall–Kier alpha value is -2.90. The summed E-state index contributed by atoms with van der Waals surface area (Å²) in [5, 5.41) is 14.3. The quantitative estimate of drug-likeness (QED) is 0.244. The fraction of sp³-hybridized carbons (Fsp3) is 0.280. The molecule has 1 aliphatic carbocycles. The lowest BCUT2D eigenvalue weighted by molar-refractivity contribution is -0.118. The van der Waals surface area contributed by atoms with Gasteiger partial charge in [0.25, 0.3) is 5.91 Å². The second-order valence-corrected chi connectivity index (χ2v) is 9.23. The van der Waals surface area contributed by atoms with Crippen LogP contribution in [0.4, 0.5) is 0 Å². The summed E-state index contributed by atoms with van der Waals surface area (Å²) in [6.45, 7) is 0. The topological polar surface area (TPSA) is 72.2 Å². The Bertz CT molecular complexity index is 1110. The number of benzene rings is 2. The maximum Gasteiger partial charge on any atom is 0.250 e. The number of aromatic nitrogens is 3. The Morgan fingerprint density at radius 3 is 2.61 bits per heavy atom. The normalized spacial score (nSPS) is 14.8. The molecule has 1 N–H and O–H groups in total. The van der Waals surface area contributed by atoms with Crippen molar-refractivity contribution in [3.63, 3.8) is 0 Å². The van der Waals surface area contributed by atoms with Gasteiger partial charge in [-0.2, -0.15) is 5.10 Å². The molecule has 0 bridgehead atoms. The zero-order valence-corrected chi connectivity index (χ0v) is 19.8. The molecule has 1 aromatic heterocycles. The second-order valence-electron chi connectivity index (χ2n) is 7.85. The monoisotopic (exact) mass is 479 g/mol. The molecular formula is C25H26ClN5OS. The molecule has 0 atom stereocenters. The predicted molar refractivity (Wildman–Crippen MR) is 135 cm³/mol. The van der Waals surface area contributed by atoms with E-state index in [4.69, 9.17) is 11.6 Å². The molecule has 1 aliphatic rings. The molecule has 0 aliphatic heterocycles. The van der Waals surface area contributed by atoms with Crippen molar-refractivity contribution in [2.24, 2.45) is 5.10 Å². The van der Waals surface area contributed by atoms with E-state index in [9.17, 15) is 4.79 Å². The minimum absolute atomic E-state index is 0.185. The zero-order chi connectivity index (χ0) is 22.9. The van der Waals surface area contributed by atoms with Crippen LogP contribution in [0.3, 0.4) is 0 Å². The number of halogens is 1. The van der Waals surface area contributed by atoms with Gasteiger partial charge in [0.05, 0.1) is 5.75 Å². The Kier molecular flexibility index (Phi) is 8.33. The molecule has 0 radical (unpaired) electrons. The number of nitrogens with one attached hydrogen (secondary N) is 1. The van der Waals surface area contributed by atoms with E-state index in [1.807, 2.05) is 60.7 Å². The van der Waals surface area contributed by atoms with Crippen molar-refractivity contribution >= 4 is 41.6 Å². The van der Waals surface area contributed by atoms with Gasteiger partial charge in [-0.3, -0.25) is 9.36 Å². The van der Waals surface area contributed by atoms with Crippen molar-refractivity contribution in [2.45, 2.75) is 43.3 Å². The molecule has 2 aromatic carbocycles. The molecule has 3 aromatic rings. The highest BCUT2D eigenvalue weighted by Gasteiger charge is 2.24. The summed E-state index contributed by atoms with van der Waals surface area (Å²) in [7, 11) is 0. The van der Waals surface area contributed by atoms with E-state index in [2.05, 4.69) is 25.3 Å². The molecule has 170 valence electrons. The molecule has 0 spiro atoms. The minimum Gasteiger partial charge on any atom is -0.299 e. The van der Waals surface area contributed by atoms with Gasteiger partial charge in [-0.15, -0.1) is 10.2 Å². The van der Waals surface area contributed by atoms with Crippen molar-refractivity contribution in [1.82, 2.24) is 20.2 Å². The van der Waals surface area contributed by atoms with Crippen molar-refractivity contribution in [3.8, 4) is 11.4 Å². The number of nitrogens with zero attached hydrogens (tertiary/aromatic N) is 4. The number of hydrazone groups is 1. The molecule has 1 heterocycles. The van der Waals surface area contributed by atoms with Crippen molar-refractivity contribution in [3.05, 3.63) is 71.3 Å². The lowest BCUT2D eigenvalue weighted by Gasteiger charge is -2.25. The van der Waals surface area contributed by atoms with Gasteiger partial charge in [0.2, 0.25) is 0 Å². The number of rotatable bonds is 8. The van der Waals surface area contributed by atoms with Gasteiger partial charge in [0.15, 0.2) is 11.0 Å². The van der Waals surface area contributed by atoms with Crippen LogP contribution in [0.2, 0.25) is 5.02 Å². The van der Waals surface area contributed by atoms with E-state index in [1.165, 1.54) is 31.0 Å². The maximum absolute atomic E-state index is 12.3. The summed E-state index contributed by atoms with van der Waals surface area (Å²) < 4.78 is 2.20. The average Bonchev–Trinajstić information content (AvgIpc) is 3.28.